The minimum absolute atomic E-state index is 0.0411. The molecule has 3 aliphatic heterocycles. The Kier molecular flexibility index (Phi) is 6.19. The lowest BCUT2D eigenvalue weighted by Crippen LogP contribution is -2.41. The maximum atomic E-state index is 14.0. The van der Waals surface area contributed by atoms with Crippen molar-refractivity contribution in [1.82, 2.24) is 19.6 Å². The van der Waals surface area contributed by atoms with Crippen molar-refractivity contribution in [3.05, 3.63) is 35.3 Å². The van der Waals surface area contributed by atoms with Crippen LogP contribution in [0.1, 0.15) is 34.9 Å². The molecule has 3 aliphatic rings. The number of hydrogen-bond donors (Lipinski definition) is 0. The van der Waals surface area contributed by atoms with Crippen LogP contribution in [0.3, 0.4) is 0 Å². The van der Waals surface area contributed by atoms with Gasteiger partial charge in [-0.25, -0.2) is 12.8 Å². The highest BCUT2D eigenvalue weighted by molar-refractivity contribution is 7.90. The first-order valence-corrected chi connectivity index (χ1v) is 13.4. The average Bonchev–Trinajstić information content (AvgIpc) is 3.18. The van der Waals surface area contributed by atoms with Crippen LogP contribution in [0.5, 0.6) is 0 Å². The normalized spacial score (nSPS) is 22.6. The predicted octanol–water partition coefficient (Wildman–Crippen LogP) is 2.32. The topological polar surface area (TPSA) is 84.7 Å². The van der Waals surface area contributed by atoms with E-state index in [2.05, 4.69) is 4.90 Å². The molecule has 1 aromatic heterocycles. The van der Waals surface area contributed by atoms with E-state index in [0.717, 1.165) is 32.0 Å². The molecule has 0 spiro atoms. The van der Waals surface area contributed by atoms with Gasteiger partial charge >= 0.3 is 0 Å². The molecule has 2 aromatic rings. The molecule has 0 saturated carbocycles. The maximum absolute atomic E-state index is 14.0. The van der Waals surface area contributed by atoms with Crippen LogP contribution in [0.2, 0.25) is 0 Å². The van der Waals surface area contributed by atoms with Gasteiger partial charge < -0.3 is 14.5 Å². The highest BCUT2D eigenvalue weighted by atomic mass is 35.5. The van der Waals surface area contributed by atoms with E-state index in [-0.39, 0.29) is 28.3 Å². The molecule has 1 atom stereocenters. The molecule has 0 aliphatic carbocycles. The van der Waals surface area contributed by atoms with E-state index in [1.54, 1.807) is 4.90 Å². The fourth-order valence-electron chi connectivity index (χ4n) is 5.01. The minimum Gasteiger partial charge on any atom is -0.378 e. The molecule has 2 saturated heterocycles. The summed E-state index contributed by atoms with van der Waals surface area (Å²) in [7, 11) is -3.82. The Morgan fingerprint density at radius 1 is 1.24 bits per heavy atom. The molecule has 0 N–H and O–H groups in total. The van der Waals surface area contributed by atoms with Crippen molar-refractivity contribution in [2.45, 2.75) is 29.5 Å². The van der Waals surface area contributed by atoms with Crippen LogP contribution in [-0.2, 0) is 20.3 Å². The summed E-state index contributed by atoms with van der Waals surface area (Å²) in [4.78, 5) is 17.3. The SMILES string of the molecule is O=C(c1nn([C@H]2CCCN(CCCl)C2)c2c1CS(=O)(=O)c1cc(F)ccc1-2)N1CCOCC1. The van der Waals surface area contributed by atoms with E-state index in [1.165, 1.54) is 12.1 Å². The molecule has 1 aromatic carbocycles. The summed E-state index contributed by atoms with van der Waals surface area (Å²) in [6, 6.07) is 3.77. The number of amides is 1. The molecule has 1 amide bonds. The van der Waals surface area contributed by atoms with Crippen LogP contribution in [0.15, 0.2) is 23.1 Å². The Morgan fingerprint density at radius 2 is 2.03 bits per heavy atom. The van der Waals surface area contributed by atoms with Gasteiger partial charge in [0.2, 0.25) is 0 Å². The van der Waals surface area contributed by atoms with Gasteiger partial charge in [0.1, 0.15) is 5.82 Å². The summed E-state index contributed by atoms with van der Waals surface area (Å²) < 4.78 is 47.4. The lowest BCUT2D eigenvalue weighted by atomic mass is 10.0. The highest BCUT2D eigenvalue weighted by Crippen LogP contribution is 2.42. The molecular weight excluding hydrogens is 471 g/mol. The lowest BCUT2D eigenvalue weighted by molar-refractivity contribution is 0.0297. The number of likely N-dealkylation sites (tertiary alicyclic amines) is 1. The van der Waals surface area contributed by atoms with Crippen molar-refractivity contribution in [1.29, 1.82) is 0 Å². The first kappa shape index (κ1) is 22.8. The van der Waals surface area contributed by atoms with E-state index in [1.807, 2.05) is 4.68 Å². The van der Waals surface area contributed by atoms with Gasteiger partial charge in [-0.15, -0.1) is 11.6 Å². The van der Waals surface area contributed by atoms with Crippen molar-refractivity contribution >= 4 is 27.3 Å². The molecule has 8 nitrogen and oxygen atoms in total. The first-order chi connectivity index (χ1) is 15.9. The second-order valence-electron chi connectivity index (χ2n) is 8.71. The zero-order chi connectivity index (χ0) is 23.2. The van der Waals surface area contributed by atoms with E-state index in [9.17, 15) is 17.6 Å². The fraction of sp³-hybridized carbons (Fsp3) is 0.545. The fourth-order valence-corrected chi connectivity index (χ4v) is 6.85. The average molecular weight is 497 g/mol. The second-order valence-corrected chi connectivity index (χ2v) is 11.0. The van der Waals surface area contributed by atoms with Crippen LogP contribution in [0, 0.1) is 5.82 Å². The smallest absolute Gasteiger partial charge is 0.274 e. The van der Waals surface area contributed by atoms with E-state index in [0.29, 0.717) is 55.5 Å². The van der Waals surface area contributed by atoms with Gasteiger partial charge in [-0.05, 0) is 37.6 Å². The number of benzene rings is 1. The summed E-state index contributed by atoms with van der Waals surface area (Å²) in [6.07, 6.45) is 1.79. The minimum atomic E-state index is -3.82. The Hall–Kier alpha value is -2.01. The van der Waals surface area contributed by atoms with Gasteiger partial charge in [-0.2, -0.15) is 5.10 Å². The van der Waals surface area contributed by atoms with Gasteiger partial charge in [0.05, 0.1) is 35.6 Å². The number of rotatable bonds is 4. The number of alkyl halides is 1. The zero-order valence-electron chi connectivity index (χ0n) is 18.2. The molecule has 4 heterocycles. The van der Waals surface area contributed by atoms with E-state index < -0.39 is 15.7 Å². The van der Waals surface area contributed by atoms with Gasteiger partial charge in [-0.3, -0.25) is 9.48 Å². The second kappa shape index (κ2) is 8.98. The number of aromatic nitrogens is 2. The molecule has 2 fully saturated rings. The van der Waals surface area contributed by atoms with Crippen molar-refractivity contribution in [3.63, 3.8) is 0 Å². The van der Waals surface area contributed by atoms with Crippen LogP contribution < -0.4 is 0 Å². The van der Waals surface area contributed by atoms with Gasteiger partial charge in [0.15, 0.2) is 15.5 Å². The summed E-state index contributed by atoms with van der Waals surface area (Å²) in [6.45, 7) is 4.12. The standard InChI is InChI=1S/C22H26ClFN4O4S/c23-5-7-26-6-1-2-16(13-26)28-21-17-4-3-15(24)12-19(17)33(30,31)14-18(21)20(25-28)22(29)27-8-10-32-11-9-27/h3-4,12,16H,1-2,5-11,13-14H2/t16-/m0/s1. The number of ether oxygens (including phenoxy) is 1. The first-order valence-electron chi connectivity index (χ1n) is 11.2. The van der Waals surface area contributed by atoms with Crippen LogP contribution >= 0.6 is 11.6 Å². The van der Waals surface area contributed by atoms with Crippen LogP contribution in [0.25, 0.3) is 11.3 Å². The predicted molar refractivity (Wildman–Crippen MR) is 121 cm³/mol. The number of halogens is 2. The third-order valence-corrected chi connectivity index (χ3v) is 8.45. The largest absolute Gasteiger partial charge is 0.378 e. The third kappa shape index (κ3) is 4.18. The quantitative estimate of drug-likeness (QED) is 0.604. The number of carbonyl (C=O) groups excluding carboxylic acids is 1. The molecule has 0 bridgehead atoms. The number of sulfone groups is 1. The number of fused-ring (bicyclic) bond motifs is 3. The number of carbonyl (C=O) groups is 1. The van der Waals surface area contributed by atoms with Crippen molar-refractivity contribution < 1.29 is 22.3 Å². The van der Waals surface area contributed by atoms with E-state index in [4.69, 9.17) is 21.4 Å². The monoisotopic (exact) mass is 496 g/mol. The molecule has 0 unspecified atom stereocenters. The maximum Gasteiger partial charge on any atom is 0.274 e. The number of piperidine rings is 1. The van der Waals surface area contributed by atoms with Crippen molar-refractivity contribution in [3.8, 4) is 11.3 Å². The molecule has 5 rings (SSSR count). The molecule has 11 heteroatoms. The van der Waals surface area contributed by atoms with Crippen LogP contribution in [0.4, 0.5) is 4.39 Å². The Bertz CT molecular complexity index is 1180. The molecular formula is C22H26ClFN4O4S. The Labute approximate surface area is 197 Å². The van der Waals surface area contributed by atoms with Crippen molar-refractivity contribution in [2.75, 3.05) is 51.8 Å². The number of morpholine rings is 1. The van der Waals surface area contributed by atoms with Crippen LogP contribution in [-0.4, -0.2) is 85.7 Å². The van der Waals surface area contributed by atoms with Gasteiger partial charge in [0, 0.05) is 43.2 Å². The molecule has 178 valence electrons. The summed E-state index contributed by atoms with van der Waals surface area (Å²) in [5.74, 6) is -0.752. The Morgan fingerprint density at radius 3 is 2.79 bits per heavy atom. The van der Waals surface area contributed by atoms with Gasteiger partial charge in [0.25, 0.3) is 5.91 Å². The highest BCUT2D eigenvalue weighted by Gasteiger charge is 2.39. The molecule has 0 radical (unpaired) electrons. The Balaban J connectivity index is 1.65. The number of nitrogens with zero attached hydrogens (tertiary/aromatic N) is 4. The lowest BCUT2D eigenvalue weighted by Gasteiger charge is -2.33. The van der Waals surface area contributed by atoms with E-state index >= 15 is 0 Å². The summed E-state index contributed by atoms with van der Waals surface area (Å²) >= 11 is 5.96. The summed E-state index contributed by atoms with van der Waals surface area (Å²) in [5.41, 5.74) is 1.58. The third-order valence-electron chi connectivity index (χ3n) is 6.60. The van der Waals surface area contributed by atoms with Gasteiger partial charge in [-0.1, -0.05) is 0 Å². The number of hydrogen-bond acceptors (Lipinski definition) is 6. The summed E-state index contributed by atoms with van der Waals surface area (Å²) in [5, 5.41) is 4.74. The van der Waals surface area contributed by atoms with Crippen molar-refractivity contribution in [2.24, 2.45) is 0 Å². The zero-order valence-corrected chi connectivity index (χ0v) is 19.7. The molecule has 33 heavy (non-hydrogen) atoms.